The van der Waals surface area contributed by atoms with Crippen molar-refractivity contribution >= 4 is 11.8 Å². The molecule has 28 heavy (non-hydrogen) atoms. The van der Waals surface area contributed by atoms with Crippen LogP contribution >= 0.6 is 0 Å². The number of fused-ring (bicyclic) bond motifs is 1. The zero-order chi connectivity index (χ0) is 20.1. The van der Waals surface area contributed by atoms with E-state index in [1.165, 1.54) is 0 Å². The molecule has 0 aliphatic carbocycles. The predicted molar refractivity (Wildman–Crippen MR) is 104 cm³/mol. The smallest absolute Gasteiger partial charge is 0.234 e. The number of carbonyl (C=O) groups excluding carboxylic acids is 2. The van der Waals surface area contributed by atoms with Crippen LogP contribution in [0.5, 0.6) is 0 Å². The highest BCUT2D eigenvalue weighted by Gasteiger charge is 2.29. The highest BCUT2D eigenvalue weighted by Crippen LogP contribution is 2.29. The van der Waals surface area contributed by atoms with Crippen molar-refractivity contribution in [3.05, 3.63) is 23.3 Å². The second kappa shape index (κ2) is 9.43. The Kier molecular flexibility index (Phi) is 6.96. The van der Waals surface area contributed by atoms with Gasteiger partial charge in [-0.05, 0) is 26.3 Å². The molecule has 2 aliphatic heterocycles. The summed E-state index contributed by atoms with van der Waals surface area (Å²) >= 11 is 0. The molecule has 1 aromatic rings. The minimum Gasteiger partial charge on any atom is -0.383 e. The van der Waals surface area contributed by atoms with Crippen LogP contribution in [0.15, 0.2) is 6.20 Å². The molecule has 2 aliphatic rings. The quantitative estimate of drug-likeness (QED) is 0.783. The monoisotopic (exact) mass is 389 g/mol. The summed E-state index contributed by atoms with van der Waals surface area (Å²) in [5.41, 5.74) is 2.06. The fraction of sp³-hybridized carbons (Fsp3) is 0.700. The van der Waals surface area contributed by atoms with Crippen LogP contribution < -0.4 is 5.32 Å². The van der Waals surface area contributed by atoms with Crippen LogP contribution in [-0.4, -0.2) is 71.0 Å². The summed E-state index contributed by atoms with van der Waals surface area (Å²) in [4.78, 5) is 37.5. The molecule has 8 heteroatoms. The number of carbonyl (C=O) groups is 2. The number of amides is 2. The highest BCUT2D eigenvalue weighted by molar-refractivity contribution is 5.78. The Morgan fingerprint density at radius 2 is 2.18 bits per heavy atom. The van der Waals surface area contributed by atoms with E-state index in [1.54, 1.807) is 14.0 Å². The maximum absolute atomic E-state index is 12.4. The Balaban J connectivity index is 1.68. The van der Waals surface area contributed by atoms with E-state index in [-0.39, 0.29) is 23.9 Å². The number of aromatic nitrogens is 2. The van der Waals surface area contributed by atoms with E-state index in [0.717, 1.165) is 49.3 Å². The second-order valence-electron chi connectivity index (χ2n) is 7.80. The van der Waals surface area contributed by atoms with Crippen LogP contribution in [0.4, 0.5) is 0 Å². The molecule has 0 bridgehead atoms. The van der Waals surface area contributed by atoms with E-state index in [9.17, 15) is 9.59 Å². The van der Waals surface area contributed by atoms with Gasteiger partial charge in [0, 0.05) is 51.3 Å². The number of hydrogen-bond donors (Lipinski definition) is 1. The van der Waals surface area contributed by atoms with Gasteiger partial charge in [0.15, 0.2) is 0 Å². The van der Waals surface area contributed by atoms with E-state index in [0.29, 0.717) is 26.2 Å². The summed E-state index contributed by atoms with van der Waals surface area (Å²) in [5.74, 6) is 0.890. The van der Waals surface area contributed by atoms with Crippen LogP contribution in [0.3, 0.4) is 0 Å². The van der Waals surface area contributed by atoms with Crippen LogP contribution in [0, 0.1) is 0 Å². The highest BCUT2D eigenvalue weighted by atomic mass is 16.5. The Labute approximate surface area is 166 Å². The summed E-state index contributed by atoms with van der Waals surface area (Å²) in [6.07, 6.45) is 5.77. The first kappa shape index (κ1) is 20.7. The molecule has 3 heterocycles. The summed E-state index contributed by atoms with van der Waals surface area (Å²) < 4.78 is 5.09. The lowest BCUT2D eigenvalue weighted by molar-refractivity contribution is -0.129. The minimum absolute atomic E-state index is 0.00603. The maximum atomic E-state index is 12.4. The third-order valence-corrected chi connectivity index (χ3v) is 5.48. The lowest BCUT2D eigenvalue weighted by Gasteiger charge is -2.35. The Hall–Kier alpha value is -2.06. The fourth-order valence-electron chi connectivity index (χ4n) is 4.03. The molecule has 3 rings (SSSR count). The zero-order valence-corrected chi connectivity index (χ0v) is 17.1. The molecule has 0 spiro atoms. The van der Waals surface area contributed by atoms with Crippen molar-refractivity contribution in [2.75, 3.05) is 33.4 Å². The summed E-state index contributed by atoms with van der Waals surface area (Å²) in [5, 5.41) is 2.98. The molecule has 8 nitrogen and oxygen atoms in total. The maximum Gasteiger partial charge on any atom is 0.234 e. The molecule has 2 atom stereocenters. The lowest BCUT2D eigenvalue weighted by Crippen LogP contribution is -2.45. The molecule has 0 radical (unpaired) electrons. The molecule has 0 saturated carbocycles. The van der Waals surface area contributed by atoms with E-state index in [2.05, 4.69) is 15.2 Å². The van der Waals surface area contributed by atoms with Gasteiger partial charge >= 0.3 is 0 Å². The normalized spacial score (nSPS) is 21.1. The number of methoxy groups -OCH3 is 1. The number of ether oxygens (including phenoxy) is 1. The molecule has 0 unspecified atom stereocenters. The van der Waals surface area contributed by atoms with Crippen molar-refractivity contribution < 1.29 is 14.3 Å². The first-order chi connectivity index (χ1) is 13.5. The first-order valence-electron chi connectivity index (χ1n) is 10.1. The average Bonchev–Trinajstić information content (AvgIpc) is 2.67. The van der Waals surface area contributed by atoms with Gasteiger partial charge < -0.3 is 15.0 Å². The molecule has 1 fully saturated rings. The van der Waals surface area contributed by atoms with Gasteiger partial charge in [0.25, 0.3) is 0 Å². The van der Waals surface area contributed by atoms with Crippen molar-refractivity contribution in [3.63, 3.8) is 0 Å². The Morgan fingerprint density at radius 1 is 1.36 bits per heavy atom. The largest absolute Gasteiger partial charge is 0.383 e. The molecule has 154 valence electrons. The predicted octanol–water partition coefficient (Wildman–Crippen LogP) is 1.06. The van der Waals surface area contributed by atoms with Gasteiger partial charge in [-0.2, -0.15) is 0 Å². The number of likely N-dealkylation sites (tertiary alicyclic amines) is 1. The molecule has 1 saturated heterocycles. The van der Waals surface area contributed by atoms with Crippen LogP contribution in [0.25, 0.3) is 0 Å². The van der Waals surface area contributed by atoms with Crippen molar-refractivity contribution in [2.45, 2.75) is 58.2 Å². The van der Waals surface area contributed by atoms with Gasteiger partial charge in [0.1, 0.15) is 5.82 Å². The van der Waals surface area contributed by atoms with Gasteiger partial charge in [-0.1, -0.05) is 6.42 Å². The van der Waals surface area contributed by atoms with Gasteiger partial charge in [0.05, 0.1) is 24.9 Å². The van der Waals surface area contributed by atoms with Gasteiger partial charge in [0.2, 0.25) is 11.8 Å². The fourth-order valence-corrected chi connectivity index (χ4v) is 4.03. The molecule has 1 N–H and O–H groups in total. The number of piperidine rings is 1. The van der Waals surface area contributed by atoms with E-state index >= 15 is 0 Å². The number of nitrogens with zero attached hydrogens (tertiary/aromatic N) is 4. The van der Waals surface area contributed by atoms with Crippen LogP contribution in [-0.2, 0) is 27.3 Å². The minimum atomic E-state index is -0.00930. The average molecular weight is 390 g/mol. The second-order valence-corrected chi connectivity index (χ2v) is 7.80. The molecule has 2 amide bonds. The van der Waals surface area contributed by atoms with E-state index in [1.807, 2.05) is 18.0 Å². The lowest BCUT2D eigenvalue weighted by atomic mass is 10.0. The van der Waals surface area contributed by atoms with Crippen molar-refractivity contribution in [1.82, 2.24) is 25.1 Å². The van der Waals surface area contributed by atoms with Crippen molar-refractivity contribution in [1.29, 1.82) is 0 Å². The van der Waals surface area contributed by atoms with Gasteiger partial charge in [-0.25, -0.2) is 9.97 Å². The topological polar surface area (TPSA) is 87.7 Å². The Bertz CT molecular complexity index is 711. The number of nitrogens with one attached hydrogen (secondary N) is 1. The summed E-state index contributed by atoms with van der Waals surface area (Å²) in [6, 6.07) is 0.0540. The molecule has 1 aromatic heterocycles. The van der Waals surface area contributed by atoms with Crippen LogP contribution in [0.2, 0.25) is 0 Å². The van der Waals surface area contributed by atoms with E-state index < -0.39 is 0 Å². The SMILES string of the molecule is COC[C@H](C)NC(=O)CN1CCCC[C@H]1c1ncc2c(n1)CCN(C(C)=O)C2. The first-order valence-corrected chi connectivity index (χ1v) is 10.1. The standard InChI is InChI=1S/C20H31N5O3/c1-14(13-28-3)22-19(27)12-25-8-5-4-6-18(25)20-21-10-16-11-24(15(2)26)9-7-17(16)23-20/h10,14,18H,4-9,11-13H2,1-3H3,(H,22,27)/t14-,18-/m0/s1. The van der Waals surface area contributed by atoms with Crippen LogP contribution in [0.1, 0.15) is 56.2 Å². The number of hydrogen-bond acceptors (Lipinski definition) is 6. The third kappa shape index (κ3) is 5.05. The van der Waals surface area contributed by atoms with E-state index in [4.69, 9.17) is 9.72 Å². The molecular formula is C20H31N5O3. The summed E-state index contributed by atoms with van der Waals surface area (Å²) in [7, 11) is 1.63. The number of rotatable bonds is 6. The molecular weight excluding hydrogens is 358 g/mol. The third-order valence-electron chi connectivity index (χ3n) is 5.48. The van der Waals surface area contributed by atoms with Gasteiger partial charge in [-0.15, -0.1) is 0 Å². The summed E-state index contributed by atoms with van der Waals surface area (Å²) in [6.45, 7) is 6.53. The van der Waals surface area contributed by atoms with Crippen molar-refractivity contribution in [3.8, 4) is 0 Å². The zero-order valence-electron chi connectivity index (χ0n) is 17.1. The Morgan fingerprint density at radius 3 is 2.93 bits per heavy atom. The van der Waals surface area contributed by atoms with Gasteiger partial charge in [-0.3, -0.25) is 14.5 Å². The van der Waals surface area contributed by atoms with Crippen molar-refractivity contribution in [2.24, 2.45) is 0 Å². The molecule has 0 aromatic carbocycles.